The maximum absolute atomic E-state index is 5.86. The van der Waals surface area contributed by atoms with Gasteiger partial charge in [-0.05, 0) is 72.3 Å². The summed E-state index contributed by atoms with van der Waals surface area (Å²) >= 11 is 1.85. The Morgan fingerprint density at radius 3 is 2.90 bits per heavy atom. The summed E-state index contributed by atoms with van der Waals surface area (Å²) < 4.78 is 1.39. The van der Waals surface area contributed by atoms with Crippen LogP contribution in [0.2, 0.25) is 0 Å². The SMILES string of the molecule is NNC(Cc1csc2ccccc12)CC1CC2CCC1C2. The van der Waals surface area contributed by atoms with Crippen molar-refractivity contribution in [1.29, 1.82) is 0 Å². The maximum atomic E-state index is 5.86. The number of benzene rings is 1. The minimum absolute atomic E-state index is 0.423. The Morgan fingerprint density at radius 1 is 1.24 bits per heavy atom. The van der Waals surface area contributed by atoms with Crippen LogP contribution in [0.4, 0.5) is 0 Å². The van der Waals surface area contributed by atoms with E-state index in [1.54, 1.807) is 0 Å². The first-order valence-electron chi connectivity index (χ1n) is 8.24. The molecular weight excluding hydrogens is 276 g/mol. The van der Waals surface area contributed by atoms with Crippen LogP contribution in [0, 0.1) is 17.8 Å². The molecule has 2 fully saturated rings. The third-order valence-corrected chi connectivity index (χ3v) is 6.75. The molecule has 2 aliphatic carbocycles. The first-order chi connectivity index (χ1) is 10.3. The average molecular weight is 300 g/mol. The second kappa shape index (κ2) is 5.71. The van der Waals surface area contributed by atoms with Crippen molar-refractivity contribution in [2.75, 3.05) is 0 Å². The Hall–Kier alpha value is -0.900. The zero-order chi connectivity index (χ0) is 14.2. The highest BCUT2D eigenvalue weighted by atomic mass is 32.1. The third kappa shape index (κ3) is 2.63. The van der Waals surface area contributed by atoms with E-state index in [1.165, 1.54) is 47.8 Å². The zero-order valence-electron chi connectivity index (χ0n) is 12.4. The van der Waals surface area contributed by atoms with Crippen molar-refractivity contribution in [3.05, 3.63) is 35.2 Å². The highest BCUT2D eigenvalue weighted by Crippen LogP contribution is 2.50. The Morgan fingerprint density at radius 2 is 2.14 bits per heavy atom. The van der Waals surface area contributed by atoms with Crippen LogP contribution >= 0.6 is 11.3 Å². The van der Waals surface area contributed by atoms with Crippen molar-refractivity contribution in [3.8, 4) is 0 Å². The molecule has 112 valence electrons. The second-order valence-electron chi connectivity index (χ2n) is 7.00. The normalized spacial score (nSPS) is 29.3. The molecule has 21 heavy (non-hydrogen) atoms. The average Bonchev–Trinajstić information content (AvgIpc) is 3.22. The molecule has 0 radical (unpaired) electrons. The van der Waals surface area contributed by atoms with Crippen molar-refractivity contribution in [1.82, 2.24) is 5.43 Å². The Balaban J connectivity index is 1.46. The number of nitrogens with two attached hydrogens (primary N) is 1. The van der Waals surface area contributed by atoms with Crippen LogP contribution in [-0.2, 0) is 6.42 Å². The predicted molar refractivity (Wildman–Crippen MR) is 90.2 cm³/mol. The van der Waals surface area contributed by atoms with Gasteiger partial charge in [0.15, 0.2) is 0 Å². The van der Waals surface area contributed by atoms with Gasteiger partial charge in [0.25, 0.3) is 0 Å². The second-order valence-corrected chi connectivity index (χ2v) is 7.91. The molecule has 0 spiro atoms. The largest absolute Gasteiger partial charge is 0.271 e. The standard InChI is InChI=1S/C18H24N2S/c19-20-16(9-14-8-12-5-6-13(14)7-12)10-15-11-21-18-4-2-1-3-17(15)18/h1-4,11-14,16,20H,5-10,19H2. The molecule has 0 aliphatic heterocycles. The number of hydrogen-bond donors (Lipinski definition) is 2. The van der Waals surface area contributed by atoms with Gasteiger partial charge in [-0.3, -0.25) is 11.3 Å². The molecule has 0 saturated heterocycles. The van der Waals surface area contributed by atoms with E-state index in [-0.39, 0.29) is 0 Å². The molecule has 2 bridgehead atoms. The Labute approximate surface area is 130 Å². The molecule has 4 rings (SSSR count). The molecule has 4 unspecified atom stereocenters. The van der Waals surface area contributed by atoms with Gasteiger partial charge in [-0.25, -0.2) is 0 Å². The van der Waals surface area contributed by atoms with E-state index in [1.807, 2.05) is 11.3 Å². The molecular formula is C18H24N2S. The molecule has 1 aromatic heterocycles. The molecule has 1 aromatic carbocycles. The van der Waals surface area contributed by atoms with Gasteiger partial charge in [0.1, 0.15) is 0 Å². The van der Waals surface area contributed by atoms with E-state index in [0.29, 0.717) is 6.04 Å². The van der Waals surface area contributed by atoms with Crippen molar-refractivity contribution >= 4 is 21.4 Å². The van der Waals surface area contributed by atoms with E-state index >= 15 is 0 Å². The van der Waals surface area contributed by atoms with Crippen molar-refractivity contribution in [2.24, 2.45) is 23.6 Å². The van der Waals surface area contributed by atoms with Crippen molar-refractivity contribution < 1.29 is 0 Å². The molecule has 3 heteroatoms. The monoisotopic (exact) mass is 300 g/mol. The molecule has 2 saturated carbocycles. The topological polar surface area (TPSA) is 38.0 Å². The van der Waals surface area contributed by atoms with Crippen LogP contribution in [0.1, 0.15) is 37.7 Å². The summed E-state index contributed by atoms with van der Waals surface area (Å²) in [5.74, 6) is 8.79. The third-order valence-electron chi connectivity index (χ3n) is 5.73. The lowest BCUT2D eigenvalue weighted by molar-refractivity contribution is 0.277. The summed E-state index contributed by atoms with van der Waals surface area (Å²) in [6.45, 7) is 0. The van der Waals surface area contributed by atoms with E-state index in [2.05, 4.69) is 35.1 Å². The lowest BCUT2D eigenvalue weighted by atomic mass is 9.83. The van der Waals surface area contributed by atoms with Gasteiger partial charge in [0, 0.05) is 10.7 Å². The van der Waals surface area contributed by atoms with E-state index in [0.717, 1.165) is 24.2 Å². The van der Waals surface area contributed by atoms with Crippen LogP contribution in [0.5, 0.6) is 0 Å². The van der Waals surface area contributed by atoms with Crippen LogP contribution < -0.4 is 11.3 Å². The van der Waals surface area contributed by atoms with Crippen LogP contribution in [0.25, 0.3) is 10.1 Å². The summed E-state index contributed by atoms with van der Waals surface area (Å²) in [5, 5.41) is 3.73. The minimum atomic E-state index is 0.423. The fraction of sp³-hybridized carbons (Fsp3) is 0.556. The van der Waals surface area contributed by atoms with Gasteiger partial charge >= 0.3 is 0 Å². The number of rotatable bonds is 5. The van der Waals surface area contributed by atoms with Gasteiger partial charge in [-0.15, -0.1) is 11.3 Å². The van der Waals surface area contributed by atoms with Crippen LogP contribution in [0.15, 0.2) is 29.6 Å². The highest BCUT2D eigenvalue weighted by Gasteiger charge is 2.40. The predicted octanol–water partition coefficient (Wildman–Crippen LogP) is 4.10. The first-order valence-corrected chi connectivity index (χ1v) is 9.12. The number of thiophene rings is 1. The van der Waals surface area contributed by atoms with Crippen LogP contribution in [-0.4, -0.2) is 6.04 Å². The minimum Gasteiger partial charge on any atom is -0.271 e. The van der Waals surface area contributed by atoms with Crippen LogP contribution in [0.3, 0.4) is 0 Å². The Kier molecular flexibility index (Phi) is 3.74. The molecule has 2 nitrogen and oxygen atoms in total. The quantitative estimate of drug-likeness (QED) is 0.644. The molecule has 2 aromatic rings. The lowest BCUT2D eigenvalue weighted by Crippen LogP contribution is -2.39. The molecule has 2 aliphatic rings. The van der Waals surface area contributed by atoms with Gasteiger partial charge < -0.3 is 0 Å². The van der Waals surface area contributed by atoms with Gasteiger partial charge in [-0.2, -0.15) is 0 Å². The summed E-state index contributed by atoms with van der Waals surface area (Å²) in [5.41, 5.74) is 4.56. The fourth-order valence-corrected chi connectivity index (χ4v) is 5.67. The summed E-state index contributed by atoms with van der Waals surface area (Å²) in [6, 6.07) is 9.14. The van der Waals surface area contributed by atoms with Gasteiger partial charge in [0.2, 0.25) is 0 Å². The van der Waals surface area contributed by atoms with Gasteiger partial charge in [0.05, 0.1) is 0 Å². The number of hydrazine groups is 1. The highest BCUT2D eigenvalue weighted by molar-refractivity contribution is 7.17. The first kappa shape index (κ1) is 13.7. The zero-order valence-corrected chi connectivity index (χ0v) is 13.2. The molecule has 1 heterocycles. The van der Waals surface area contributed by atoms with Gasteiger partial charge in [-0.1, -0.05) is 24.6 Å². The molecule has 4 atom stereocenters. The number of nitrogens with one attached hydrogen (secondary N) is 1. The van der Waals surface area contributed by atoms with E-state index < -0.39 is 0 Å². The fourth-order valence-electron chi connectivity index (χ4n) is 4.70. The maximum Gasteiger partial charge on any atom is 0.0345 e. The Bertz CT molecular complexity index is 620. The molecule has 3 N–H and O–H groups in total. The van der Waals surface area contributed by atoms with Crippen molar-refractivity contribution in [3.63, 3.8) is 0 Å². The number of fused-ring (bicyclic) bond motifs is 3. The summed E-state index contributed by atoms with van der Waals surface area (Å²) in [6.07, 6.45) is 8.21. The lowest BCUT2D eigenvalue weighted by Gasteiger charge is -2.26. The van der Waals surface area contributed by atoms with E-state index in [4.69, 9.17) is 5.84 Å². The summed E-state index contributed by atoms with van der Waals surface area (Å²) in [7, 11) is 0. The summed E-state index contributed by atoms with van der Waals surface area (Å²) in [4.78, 5) is 0. The van der Waals surface area contributed by atoms with E-state index in [9.17, 15) is 0 Å². The smallest absolute Gasteiger partial charge is 0.0345 e. The molecule has 0 amide bonds. The number of hydrogen-bond acceptors (Lipinski definition) is 3. The van der Waals surface area contributed by atoms with Crippen molar-refractivity contribution in [2.45, 2.75) is 44.6 Å².